The molecule has 1 aliphatic heterocycles. The molecule has 3 aromatic carbocycles. The zero-order chi connectivity index (χ0) is 21.3. The fraction of sp³-hybridized carbons (Fsp3) is 0.269. The second kappa shape index (κ2) is 10.9. The van der Waals surface area contributed by atoms with Crippen molar-refractivity contribution in [1.29, 1.82) is 0 Å². The number of amides is 1. The molecular formula is C26H27NO4. The SMILES string of the molecule is O=C1N[C@H](COCc2ccccc2)[C@@H](OCc2ccccc2)[C@@H]1OCc1ccccc1. The van der Waals surface area contributed by atoms with Gasteiger partial charge in [0.25, 0.3) is 5.91 Å². The summed E-state index contributed by atoms with van der Waals surface area (Å²) < 4.78 is 18.1. The van der Waals surface area contributed by atoms with Crippen LogP contribution in [-0.2, 0) is 38.8 Å². The molecule has 4 rings (SSSR count). The van der Waals surface area contributed by atoms with Gasteiger partial charge in [-0.1, -0.05) is 91.0 Å². The number of hydrogen-bond acceptors (Lipinski definition) is 4. The molecule has 0 saturated carbocycles. The minimum absolute atomic E-state index is 0.165. The van der Waals surface area contributed by atoms with Gasteiger partial charge in [0.2, 0.25) is 0 Å². The Morgan fingerprint density at radius 3 is 1.68 bits per heavy atom. The third-order valence-electron chi connectivity index (χ3n) is 5.25. The molecule has 5 heteroatoms. The monoisotopic (exact) mass is 417 g/mol. The van der Waals surface area contributed by atoms with Crippen molar-refractivity contribution < 1.29 is 19.0 Å². The number of ether oxygens (including phenoxy) is 3. The van der Waals surface area contributed by atoms with Gasteiger partial charge in [-0.25, -0.2) is 0 Å². The van der Waals surface area contributed by atoms with Crippen molar-refractivity contribution in [2.45, 2.75) is 38.1 Å². The van der Waals surface area contributed by atoms with E-state index in [4.69, 9.17) is 14.2 Å². The lowest BCUT2D eigenvalue weighted by atomic mass is 10.1. The number of hydrogen-bond donors (Lipinski definition) is 1. The van der Waals surface area contributed by atoms with Crippen LogP contribution in [0.2, 0.25) is 0 Å². The predicted octanol–water partition coefficient (Wildman–Crippen LogP) is 3.87. The molecule has 1 saturated heterocycles. The van der Waals surface area contributed by atoms with Gasteiger partial charge in [-0.05, 0) is 16.7 Å². The Morgan fingerprint density at radius 1 is 0.645 bits per heavy atom. The van der Waals surface area contributed by atoms with Crippen molar-refractivity contribution in [1.82, 2.24) is 5.32 Å². The molecule has 1 aliphatic rings. The van der Waals surface area contributed by atoms with Crippen LogP contribution in [0.5, 0.6) is 0 Å². The van der Waals surface area contributed by atoms with Crippen LogP contribution in [0, 0.1) is 0 Å². The highest BCUT2D eigenvalue weighted by Gasteiger charge is 2.44. The first-order valence-corrected chi connectivity index (χ1v) is 10.5. The van der Waals surface area contributed by atoms with Crippen molar-refractivity contribution >= 4 is 5.91 Å². The van der Waals surface area contributed by atoms with Crippen molar-refractivity contribution in [2.75, 3.05) is 6.61 Å². The molecule has 160 valence electrons. The average Bonchev–Trinajstić information content (AvgIpc) is 3.12. The normalized spacial score (nSPS) is 20.5. The molecule has 1 heterocycles. The van der Waals surface area contributed by atoms with E-state index in [-0.39, 0.29) is 11.9 Å². The summed E-state index contributed by atoms with van der Waals surface area (Å²) >= 11 is 0. The van der Waals surface area contributed by atoms with Crippen molar-refractivity contribution in [3.63, 3.8) is 0 Å². The molecule has 1 fully saturated rings. The number of carbonyl (C=O) groups excluding carboxylic acids is 1. The van der Waals surface area contributed by atoms with Crippen molar-refractivity contribution in [2.24, 2.45) is 0 Å². The lowest BCUT2D eigenvalue weighted by Crippen LogP contribution is -2.39. The number of rotatable bonds is 10. The number of benzene rings is 3. The van der Waals surface area contributed by atoms with Gasteiger partial charge in [0.15, 0.2) is 6.10 Å². The minimum Gasteiger partial charge on any atom is -0.375 e. The smallest absolute Gasteiger partial charge is 0.252 e. The van der Waals surface area contributed by atoms with Crippen LogP contribution in [0.4, 0.5) is 0 Å². The molecule has 0 spiro atoms. The summed E-state index contributed by atoms with van der Waals surface area (Å²) in [6.07, 6.45) is -1.12. The minimum atomic E-state index is -0.686. The highest BCUT2D eigenvalue weighted by Crippen LogP contribution is 2.21. The summed E-state index contributed by atoms with van der Waals surface area (Å²) in [5.41, 5.74) is 3.15. The third kappa shape index (κ3) is 6.01. The van der Waals surface area contributed by atoms with Gasteiger partial charge < -0.3 is 19.5 Å². The molecule has 3 aromatic rings. The van der Waals surface area contributed by atoms with E-state index in [1.54, 1.807) is 0 Å². The van der Waals surface area contributed by atoms with Gasteiger partial charge in [-0.3, -0.25) is 4.79 Å². The first-order chi connectivity index (χ1) is 15.3. The average molecular weight is 418 g/mol. The maximum atomic E-state index is 12.7. The molecule has 0 unspecified atom stereocenters. The van der Waals surface area contributed by atoms with Crippen LogP contribution in [0.1, 0.15) is 16.7 Å². The van der Waals surface area contributed by atoms with E-state index in [0.717, 1.165) is 16.7 Å². The van der Waals surface area contributed by atoms with Gasteiger partial charge in [-0.15, -0.1) is 0 Å². The van der Waals surface area contributed by atoms with E-state index in [1.807, 2.05) is 91.0 Å². The van der Waals surface area contributed by atoms with Crippen LogP contribution in [0.3, 0.4) is 0 Å². The Labute approximate surface area is 183 Å². The summed E-state index contributed by atoms with van der Waals surface area (Å²) in [5.74, 6) is -0.165. The first-order valence-electron chi connectivity index (χ1n) is 10.5. The van der Waals surface area contributed by atoms with Crippen LogP contribution < -0.4 is 5.32 Å². The molecule has 3 atom stereocenters. The second-order valence-corrected chi connectivity index (χ2v) is 7.59. The zero-order valence-electron chi connectivity index (χ0n) is 17.4. The Morgan fingerprint density at radius 2 is 1.13 bits per heavy atom. The van der Waals surface area contributed by atoms with E-state index in [1.165, 1.54) is 0 Å². The molecule has 31 heavy (non-hydrogen) atoms. The van der Waals surface area contributed by atoms with Gasteiger partial charge in [0, 0.05) is 0 Å². The summed E-state index contributed by atoms with van der Waals surface area (Å²) in [7, 11) is 0. The van der Waals surface area contributed by atoms with E-state index in [2.05, 4.69) is 5.32 Å². The topological polar surface area (TPSA) is 56.8 Å². The van der Waals surface area contributed by atoms with Gasteiger partial charge >= 0.3 is 0 Å². The van der Waals surface area contributed by atoms with E-state index < -0.39 is 12.2 Å². The van der Waals surface area contributed by atoms with E-state index >= 15 is 0 Å². The lowest BCUT2D eigenvalue weighted by molar-refractivity contribution is -0.137. The molecule has 0 aliphatic carbocycles. The molecule has 1 N–H and O–H groups in total. The highest BCUT2D eigenvalue weighted by molar-refractivity contribution is 5.84. The van der Waals surface area contributed by atoms with Gasteiger partial charge in [0.05, 0.1) is 32.5 Å². The van der Waals surface area contributed by atoms with Gasteiger partial charge in [0.1, 0.15) is 6.10 Å². The Hall–Kier alpha value is -2.99. The second-order valence-electron chi connectivity index (χ2n) is 7.59. The van der Waals surface area contributed by atoms with Crippen molar-refractivity contribution in [3.05, 3.63) is 108 Å². The highest BCUT2D eigenvalue weighted by atomic mass is 16.6. The molecule has 0 bridgehead atoms. The molecule has 0 aromatic heterocycles. The molecule has 5 nitrogen and oxygen atoms in total. The predicted molar refractivity (Wildman–Crippen MR) is 118 cm³/mol. The largest absolute Gasteiger partial charge is 0.375 e. The van der Waals surface area contributed by atoms with Crippen LogP contribution >= 0.6 is 0 Å². The zero-order valence-corrected chi connectivity index (χ0v) is 17.4. The number of carbonyl (C=O) groups is 1. The maximum Gasteiger partial charge on any atom is 0.252 e. The Kier molecular flexibility index (Phi) is 7.45. The molecule has 1 amide bonds. The quantitative estimate of drug-likeness (QED) is 0.544. The number of nitrogens with one attached hydrogen (secondary N) is 1. The Balaban J connectivity index is 1.40. The van der Waals surface area contributed by atoms with E-state index in [0.29, 0.717) is 26.4 Å². The van der Waals surface area contributed by atoms with Crippen molar-refractivity contribution in [3.8, 4) is 0 Å². The van der Waals surface area contributed by atoms with Crippen LogP contribution in [0.15, 0.2) is 91.0 Å². The Bertz CT molecular complexity index is 933. The first kappa shape index (κ1) is 21.2. The molecule has 0 radical (unpaired) electrons. The third-order valence-corrected chi connectivity index (χ3v) is 5.25. The summed E-state index contributed by atoms with van der Waals surface area (Å²) in [5, 5.41) is 3.00. The maximum absolute atomic E-state index is 12.7. The van der Waals surface area contributed by atoms with Crippen LogP contribution in [0.25, 0.3) is 0 Å². The van der Waals surface area contributed by atoms with E-state index in [9.17, 15) is 4.79 Å². The summed E-state index contributed by atoms with van der Waals surface area (Å²) in [6, 6.07) is 29.4. The summed E-state index contributed by atoms with van der Waals surface area (Å²) in [6.45, 7) is 1.59. The fourth-order valence-electron chi connectivity index (χ4n) is 3.62. The fourth-order valence-corrected chi connectivity index (χ4v) is 3.62. The standard InChI is InChI=1S/C26H27NO4/c28-26-25(31-18-22-14-8-3-9-15-22)24(30-17-21-12-6-2-7-13-21)23(27-26)19-29-16-20-10-4-1-5-11-20/h1-15,23-25H,16-19H2,(H,27,28)/t23-,24-,25+/m1/s1. The molecular weight excluding hydrogens is 390 g/mol. The lowest BCUT2D eigenvalue weighted by Gasteiger charge is -2.23. The van der Waals surface area contributed by atoms with Gasteiger partial charge in [-0.2, -0.15) is 0 Å². The van der Waals surface area contributed by atoms with Crippen LogP contribution in [-0.4, -0.2) is 30.8 Å². The summed E-state index contributed by atoms with van der Waals surface area (Å²) in [4.78, 5) is 12.7.